The van der Waals surface area contributed by atoms with Crippen molar-refractivity contribution < 1.29 is 22.7 Å². The fourth-order valence-corrected chi connectivity index (χ4v) is 6.65. The lowest BCUT2D eigenvalue weighted by Gasteiger charge is -2.28. The summed E-state index contributed by atoms with van der Waals surface area (Å²) < 4.78 is 29.2. The standard InChI is InChI=1S/C22H27NO5S2/c1-3-8-19-16(4-2)13-20(29-19)22(25)28-14-21(24)23(17-9-6-5-7-10-17)18-11-12-30(26,27)15-18/h5-7,9-10,13,18H,3-4,8,11-12,14-15H2,1-2H3/t18-/m0/s1. The smallest absolute Gasteiger partial charge is 0.348 e. The Kier molecular flexibility index (Phi) is 7.31. The van der Waals surface area contributed by atoms with Gasteiger partial charge in [-0.05, 0) is 43.0 Å². The number of thiophene rings is 1. The molecule has 0 N–H and O–H groups in total. The third-order valence-corrected chi connectivity index (χ3v) is 8.13. The highest BCUT2D eigenvalue weighted by Crippen LogP contribution is 2.27. The van der Waals surface area contributed by atoms with Gasteiger partial charge < -0.3 is 9.64 Å². The average Bonchev–Trinajstić information content (AvgIpc) is 3.30. The fraction of sp³-hybridized carbons (Fsp3) is 0.455. The first-order chi connectivity index (χ1) is 14.3. The van der Waals surface area contributed by atoms with E-state index in [2.05, 4.69) is 6.92 Å². The van der Waals surface area contributed by atoms with E-state index in [-0.39, 0.29) is 11.5 Å². The molecule has 0 saturated carbocycles. The van der Waals surface area contributed by atoms with Crippen LogP contribution in [0.4, 0.5) is 5.69 Å². The summed E-state index contributed by atoms with van der Waals surface area (Å²) in [7, 11) is -3.17. The molecule has 2 heterocycles. The number of benzene rings is 1. The van der Waals surface area contributed by atoms with Crippen molar-refractivity contribution in [3.8, 4) is 0 Å². The Hall–Kier alpha value is -2.19. The molecule has 2 aromatic rings. The molecule has 162 valence electrons. The van der Waals surface area contributed by atoms with Gasteiger partial charge in [0, 0.05) is 10.6 Å². The topological polar surface area (TPSA) is 80.8 Å². The van der Waals surface area contributed by atoms with Crippen LogP contribution in [0.5, 0.6) is 0 Å². The van der Waals surface area contributed by atoms with Crippen LogP contribution in [-0.2, 0) is 32.2 Å². The predicted octanol–water partition coefficient (Wildman–Crippen LogP) is 3.64. The summed E-state index contributed by atoms with van der Waals surface area (Å²) in [4.78, 5) is 28.6. The van der Waals surface area contributed by atoms with Crippen molar-refractivity contribution in [1.29, 1.82) is 0 Å². The highest BCUT2D eigenvalue weighted by Gasteiger charge is 2.35. The third kappa shape index (κ3) is 5.29. The molecule has 0 unspecified atom stereocenters. The Morgan fingerprint density at radius 3 is 2.53 bits per heavy atom. The van der Waals surface area contributed by atoms with Gasteiger partial charge in [-0.15, -0.1) is 11.3 Å². The number of ether oxygens (including phenoxy) is 1. The Bertz CT molecular complexity index is 998. The molecule has 0 radical (unpaired) electrons. The van der Waals surface area contributed by atoms with Crippen LogP contribution in [0.15, 0.2) is 36.4 Å². The molecule has 1 atom stereocenters. The van der Waals surface area contributed by atoms with Crippen molar-refractivity contribution in [1.82, 2.24) is 0 Å². The van der Waals surface area contributed by atoms with Crippen molar-refractivity contribution in [3.63, 3.8) is 0 Å². The molecule has 3 rings (SSSR count). The molecule has 1 aromatic heterocycles. The third-order valence-electron chi connectivity index (χ3n) is 5.16. The van der Waals surface area contributed by atoms with E-state index in [1.807, 2.05) is 19.1 Å². The SMILES string of the molecule is CCCc1sc(C(=O)OCC(=O)N(c2ccccc2)[C@H]2CCS(=O)(=O)C2)cc1CC. The highest BCUT2D eigenvalue weighted by atomic mass is 32.2. The largest absolute Gasteiger partial charge is 0.451 e. The number of carbonyl (C=O) groups is 2. The molecule has 1 saturated heterocycles. The first-order valence-corrected chi connectivity index (χ1v) is 12.8. The summed E-state index contributed by atoms with van der Waals surface area (Å²) in [6.07, 6.45) is 3.13. The summed E-state index contributed by atoms with van der Waals surface area (Å²) in [5, 5.41) is 0. The van der Waals surface area contributed by atoms with Crippen LogP contribution in [0, 0.1) is 0 Å². The van der Waals surface area contributed by atoms with E-state index < -0.39 is 34.4 Å². The number of esters is 1. The highest BCUT2D eigenvalue weighted by molar-refractivity contribution is 7.91. The molecular formula is C22H27NO5S2. The lowest BCUT2D eigenvalue weighted by molar-refractivity contribution is -0.122. The van der Waals surface area contributed by atoms with E-state index in [1.54, 1.807) is 24.3 Å². The molecule has 1 amide bonds. The van der Waals surface area contributed by atoms with Gasteiger partial charge in [-0.3, -0.25) is 4.79 Å². The second-order valence-electron chi connectivity index (χ2n) is 7.39. The molecule has 30 heavy (non-hydrogen) atoms. The second kappa shape index (κ2) is 9.75. The first kappa shape index (κ1) is 22.5. The number of para-hydroxylation sites is 1. The maximum Gasteiger partial charge on any atom is 0.348 e. The van der Waals surface area contributed by atoms with E-state index in [1.165, 1.54) is 21.1 Å². The summed E-state index contributed by atoms with van der Waals surface area (Å²) in [6, 6.07) is 10.3. The van der Waals surface area contributed by atoms with Gasteiger partial charge in [-0.25, -0.2) is 13.2 Å². The van der Waals surface area contributed by atoms with Gasteiger partial charge in [-0.1, -0.05) is 38.5 Å². The number of sulfone groups is 1. The van der Waals surface area contributed by atoms with Gasteiger partial charge in [0.05, 0.1) is 17.5 Å². The molecule has 1 fully saturated rings. The van der Waals surface area contributed by atoms with Crippen molar-refractivity contribution in [2.45, 2.75) is 45.6 Å². The summed E-state index contributed by atoms with van der Waals surface area (Å²) in [6.45, 7) is 3.72. The molecular weight excluding hydrogens is 422 g/mol. The number of hydrogen-bond donors (Lipinski definition) is 0. The lowest BCUT2D eigenvalue weighted by atomic mass is 10.1. The molecule has 1 aliphatic heterocycles. The van der Waals surface area contributed by atoms with Gasteiger partial charge >= 0.3 is 5.97 Å². The van der Waals surface area contributed by atoms with Crippen molar-refractivity contribution in [2.24, 2.45) is 0 Å². The van der Waals surface area contributed by atoms with Crippen LogP contribution >= 0.6 is 11.3 Å². The minimum Gasteiger partial charge on any atom is -0.451 e. The van der Waals surface area contributed by atoms with Gasteiger partial charge in [0.2, 0.25) is 0 Å². The van der Waals surface area contributed by atoms with Crippen LogP contribution in [0.25, 0.3) is 0 Å². The number of hydrogen-bond acceptors (Lipinski definition) is 6. The minimum absolute atomic E-state index is 0.0588. The summed E-state index contributed by atoms with van der Waals surface area (Å²) in [5.41, 5.74) is 1.75. The maximum atomic E-state index is 13.0. The van der Waals surface area contributed by atoms with E-state index in [4.69, 9.17) is 4.74 Å². The molecule has 8 heteroatoms. The van der Waals surface area contributed by atoms with Gasteiger partial charge in [0.1, 0.15) is 4.88 Å². The molecule has 1 aromatic carbocycles. The quantitative estimate of drug-likeness (QED) is 0.575. The second-order valence-corrected chi connectivity index (χ2v) is 10.8. The number of rotatable bonds is 8. The minimum atomic E-state index is -3.17. The normalized spacial score (nSPS) is 17.6. The van der Waals surface area contributed by atoms with E-state index in [0.29, 0.717) is 17.0 Å². The molecule has 1 aliphatic rings. The van der Waals surface area contributed by atoms with Crippen LogP contribution in [0.3, 0.4) is 0 Å². The van der Waals surface area contributed by atoms with Crippen LogP contribution in [0.2, 0.25) is 0 Å². The first-order valence-electron chi connectivity index (χ1n) is 10.2. The molecule has 0 bridgehead atoms. The van der Waals surface area contributed by atoms with Gasteiger partial charge in [-0.2, -0.15) is 0 Å². The number of amides is 1. The lowest BCUT2D eigenvalue weighted by Crippen LogP contribution is -2.43. The summed E-state index contributed by atoms with van der Waals surface area (Å²) >= 11 is 1.42. The fourth-order valence-electron chi connectivity index (χ4n) is 3.70. The predicted molar refractivity (Wildman–Crippen MR) is 119 cm³/mol. The van der Waals surface area contributed by atoms with Crippen LogP contribution in [-0.4, -0.2) is 44.4 Å². The van der Waals surface area contributed by atoms with Crippen molar-refractivity contribution in [2.75, 3.05) is 23.0 Å². The molecule has 0 aliphatic carbocycles. The zero-order chi connectivity index (χ0) is 21.7. The van der Waals surface area contributed by atoms with Crippen LogP contribution in [0.1, 0.15) is 46.8 Å². The zero-order valence-electron chi connectivity index (χ0n) is 17.3. The maximum absolute atomic E-state index is 13.0. The van der Waals surface area contributed by atoms with E-state index >= 15 is 0 Å². The number of aryl methyl sites for hydroxylation is 2. The van der Waals surface area contributed by atoms with Gasteiger partial charge in [0.15, 0.2) is 16.4 Å². The van der Waals surface area contributed by atoms with E-state index in [0.717, 1.165) is 24.8 Å². The monoisotopic (exact) mass is 449 g/mol. The number of carbonyl (C=O) groups excluding carboxylic acids is 2. The average molecular weight is 450 g/mol. The Morgan fingerprint density at radius 1 is 1.20 bits per heavy atom. The number of nitrogens with zero attached hydrogens (tertiary/aromatic N) is 1. The Morgan fingerprint density at radius 2 is 1.93 bits per heavy atom. The van der Waals surface area contributed by atoms with Gasteiger partial charge in [0.25, 0.3) is 5.91 Å². The number of anilines is 1. The zero-order valence-corrected chi connectivity index (χ0v) is 18.9. The van der Waals surface area contributed by atoms with E-state index in [9.17, 15) is 18.0 Å². The van der Waals surface area contributed by atoms with Crippen molar-refractivity contribution in [3.05, 3.63) is 51.7 Å². The van der Waals surface area contributed by atoms with Crippen molar-refractivity contribution >= 4 is 38.7 Å². The molecule has 6 nitrogen and oxygen atoms in total. The summed E-state index contributed by atoms with van der Waals surface area (Å²) in [5.74, 6) is -0.953. The Labute approximate surface area is 181 Å². The van der Waals surface area contributed by atoms with Crippen LogP contribution < -0.4 is 4.90 Å². The Balaban J connectivity index is 1.72. The molecule has 0 spiro atoms.